The molecule has 40 nitrogen and oxygen atoms in total. The molecule has 2 radical (unpaired) electrons. The third-order valence-electron chi connectivity index (χ3n) is 12.8. The number of aliphatic carboxylic acids is 4. The second-order valence-corrected chi connectivity index (χ2v) is 19.6. The minimum Gasteiger partial charge on any atom is -0.544 e. The Morgan fingerprint density at radius 2 is 0.512 bits per heavy atom. The summed E-state index contributed by atoms with van der Waals surface area (Å²) in [6.45, 7) is 0.912. The van der Waals surface area contributed by atoms with Crippen molar-refractivity contribution in [3.63, 3.8) is 0 Å². The van der Waals surface area contributed by atoms with Gasteiger partial charge in [0.25, 0.3) is 0 Å². The number of hydrogen-bond acceptors (Lipinski definition) is 36. The van der Waals surface area contributed by atoms with Crippen molar-refractivity contribution >= 4 is 47.5 Å². The van der Waals surface area contributed by atoms with E-state index in [0.29, 0.717) is 0 Å². The van der Waals surface area contributed by atoms with Crippen molar-refractivity contribution in [3.8, 4) is 0 Å². The van der Waals surface area contributed by atoms with Gasteiger partial charge in [-0.25, -0.2) is 0 Å². The molecule has 506 valence electrons. The minimum atomic E-state index is -2.89. The summed E-state index contributed by atoms with van der Waals surface area (Å²) in [4.78, 5) is 87.9. The van der Waals surface area contributed by atoms with Crippen LogP contribution >= 0.6 is 0 Å². The fourth-order valence-corrected chi connectivity index (χ4v) is 8.52. The van der Waals surface area contributed by atoms with Crippen molar-refractivity contribution in [2.75, 3.05) is 26.4 Å². The van der Waals surface area contributed by atoms with Gasteiger partial charge in [-0.15, -0.1) is 0 Å². The van der Waals surface area contributed by atoms with Crippen LogP contribution in [0.4, 0.5) is 0 Å². The van der Waals surface area contributed by atoms with E-state index < -0.39 is 245 Å². The summed E-state index contributed by atoms with van der Waals surface area (Å²) >= 11 is 0. The Morgan fingerprint density at radius 3 is 0.616 bits per heavy atom. The van der Waals surface area contributed by atoms with Crippen LogP contribution in [0.25, 0.3) is 0 Å². The molecule has 0 aromatic rings. The summed E-state index contributed by atoms with van der Waals surface area (Å²) < 4.78 is 19.2. The van der Waals surface area contributed by atoms with E-state index in [4.69, 9.17) is 39.4 Å². The van der Waals surface area contributed by atoms with Crippen LogP contribution in [0.5, 0.6) is 0 Å². The molecule has 42 heteroatoms. The number of carbonyl (C=O) groups excluding carboxylic acids is 8. The second-order valence-electron chi connectivity index (χ2n) is 19.6. The Labute approximate surface area is 506 Å². The van der Waals surface area contributed by atoms with Crippen molar-refractivity contribution in [2.45, 2.75) is 198 Å². The van der Waals surface area contributed by atoms with Gasteiger partial charge < -0.3 is 182 Å². The summed E-state index contributed by atoms with van der Waals surface area (Å²) in [7, 11) is 0. The molecule has 4 saturated heterocycles. The number of rotatable bonds is 20. The Hall–Kier alpha value is -4.16. The maximum absolute atomic E-state index is 11.1. The Balaban J connectivity index is 0. The molecule has 24 N–H and O–H groups in total. The van der Waals surface area contributed by atoms with Crippen LogP contribution < -0.4 is 41.7 Å². The van der Waals surface area contributed by atoms with E-state index in [9.17, 15) is 140 Å². The monoisotopic (exact) mass is 1360 g/mol. The molecule has 0 saturated carbocycles. The SMILES string of the molecule is CC(=O)N[C@H]1[C@H]([C@H](O)[C@H](O)CO)O[C@](O)(C(=O)[O-])C[C@@H]1O.CC(=O)N[C@H]1[C@H]([C@H](O)[C@H](O)CO)O[C@](O)(C(=O)[O-])C[C@@H]1O.CC(=O)N[C@H]1[C@H]([C@H](O)[C@H](O)CO)O[C@](O)(C(=O)[O-])C[C@@H]1O.CC(=O)N[C@H]1[C@H]([C@H](O)[C@H](O)CO)O[C@](O)(C(=O)[O-])C[C@@H]1O.[Cu+2].[Cu+2]. The third-order valence-corrected chi connectivity index (χ3v) is 12.8. The van der Waals surface area contributed by atoms with E-state index in [2.05, 4.69) is 21.3 Å². The Morgan fingerprint density at radius 1 is 0.372 bits per heavy atom. The molecule has 0 aliphatic carbocycles. The van der Waals surface area contributed by atoms with Crippen molar-refractivity contribution in [1.29, 1.82) is 0 Å². The van der Waals surface area contributed by atoms with E-state index in [0.717, 1.165) is 27.7 Å². The van der Waals surface area contributed by atoms with E-state index in [1.165, 1.54) is 0 Å². The van der Waals surface area contributed by atoms with Gasteiger partial charge in [0.2, 0.25) is 46.8 Å². The predicted octanol–water partition coefficient (Wildman–Crippen LogP) is -20.8. The first-order valence-electron chi connectivity index (χ1n) is 24.6. The fourth-order valence-electron chi connectivity index (χ4n) is 8.52. The first-order chi connectivity index (χ1) is 38.5. The smallest absolute Gasteiger partial charge is 0.544 e. The van der Waals surface area contributed by atoms with Crippen molar-refractivity contribution in [1.82, 2.24) is 21.3 Å². The molecule has 4 aliphatic heterocycles. The molecule has 4 amide bonds. The molecular weight excluding hydrogens is 1290 g/mol. The Kier molecular flexibility index (Phi) is 35.0. The number of amides is 4. The average molecular weight is 1360 g/mol. The zero-order chi connectivity index (χ0) is 65.5. The van der Waals surface area contributed by atoms with Gasteiger partial charge in [0.1, 0.15) is 97.1 Å². The normalized spacial score (nSPS) is 35.0. The van der Waals surface area contributed by atoms with E-state index in [-0.39, 0.29) is 34.1 Å². The zero-order valence-corrected chi connectivity index (χ0v) is 47.2. The van der Waals surface area contributed by atoms with E-state index >= 15 is 0 Å². The number of aliphatic hydroxyl groups is 20. The molecule has 4 aliphatic rings. The van der Waals surface area contributed by atoms with Crippen LogP contribution in [-0.2, 0) is 91.4 Å². The van der Waals surface area contributed by atoms with Gasteiger partial charge in [-0.2, -0.15) is 0 Å². The van der Waals surface area contributed by atoms with Crippen molar-refractivity contribution in [2.24, 2.45) is 0 Å². The molecule has 4 fully saturated rings. The summed E-state index contributed by atoms with van der Waals surface area (Å²) in [5, 5.41) is 243. The molecule has 4 rings (SSSR count). The summed E-state index contributed by atoms with van der Waals surface area (Å²) in [6.07, 6.45) is -30.7. The number of hydrogen-bond donors (Lipinski definition) is 24. The maximum Gasteiger partial charge on any atom is 2.00 e. The molecule has 4 heterocycles. The molecule has 0 aromatic heterocycles. The number of nitrogens with one attached hydrogen (secondary N) is 4. The molecule has 0 bridgehead atoms. The van der Waals surface area contributed by atoms with Gasteiger partial charge in [0.05, 0.1) is 75.0 Å². The molecule has 24 atom stereocenters. The summed E-state index contributed by atoms with van der Waals surface area (Å²) in [5.74, 6) is -22.2. The third kappa shape index (κ3) is 22.7. The number of carboxylic acids is 4. The first-order valence-corrected chi connectivity index (χ1v) is 24.6. The number of aliphatic hydroxyl groups excluding tert-OH is 16. The first kappa shape index (κ1) is 83.9. The fraction of sp³-hybridized carbons (Fsp3) is 0.818. The van der Waals surface area contributed by atoms with Gasteiger partial charge in [0, 0.05) is 53.4 Å². The van der Waals surface area contributed by atoms with Crippen LogP contribution in [0.2, 0.25) is 0 Å². The summed E-state index contributed by atoms with van der Waals surface area (Å²) in [6, 6.07) is -5.17. The topological polar surface area (TPSA) is 718 Å². The number of ether oxygens (including phenoxy) is 4. The van der Waals surface area contributed by atoms with Crippen LogP contribution in [0.15, 0.2) is 0 Å². The number of carbonyl (C=O) groups is 8. The minimum absolute atomic E-state index is 0. The average Bonchev–Trinajstić information content (AvgIpc) is 3.43. The standard InChI is InChI=1S/4C11H19NO9.2Cu/c4*1-4(14)12-7-5(15)2-11(20,10(18)19)21-9(7)8(17)6(16)3-13;;/h4*5-9,13,15-17,20H,2-3H2,1H3,(H,12,14)(H,18,19);;/q;;;;2*+2/p-4/t4*5-,6+,7+,8+,9+,11-;;/m0000../s1. The molecular formula is C44H72Cu2N4O36. The van der Waals surface area contributed by atoms with Crippen molar-refractivity contribution < 1.29 is 214 Å². The quantitative estimate of drug-likeness (QED) is 0.0503. The molecule has 0 spiro atoms. The summed E-state index contributed by atoms with van der Waals surface area (Å²) in [5.41, 5.74) is 0. The predicted molar refractivity (Wildman–Crippen MR) is 249 cm³/mol. The Bertz CT molecular complexity index is 1920. The number of carboxylic acid groups (broad SMARTS) is 4. The van der Waals surface area contributed by atoms with Gasteiger partial charge >= 0.3 is 34.1 Å². The molecule has 0 unspecified atom stereocenters. The second kappa shape index (κ2) is 35.9. The zero-order valence-electron chi connectivity index (χ0n) is 45.3. The largest absolute Gasteiger partial charge is 2.00 e. The maximum atomic E-state index is 11.1. The van der Waals surface area contributed by atoms with Crippen molar-refractivity contribution in [3.05, 3.63) is 0 Å². The van der Waals surface area contributed by atoms with Crippen LogP contribution in [0.1, 0.15) is 53.4 Å². The van der Waals surface area contributed by atoms with E-state index in [1.807, 2.05) is 0 Å². The van der Waals surface area contributed by atoms with Crippen LogP contribution in [0.3, 0.4) is 0 Å². The molecule has 86 heavy (non-hydrogen) atoms. The van der Waals surface area contributed by atoms with E-state index in [1.54, 1.807) is 0 Å². The van der Waals surface area contributed by atoms with Gasteiger partial charge in [-0.3, -0.25) is 19.2 Å². The van der Waals surface area contributed by atoms with Gasteiger partial charge in [-0.05, 0) is 0 Å². The van der Waals surface area contributed by atoms with Gasteiger partial charge in [0.15, 0.2) is 0 Å². The van der Waals surface area contributed by atoms with Crippen LogP contribution in [-0.4, -0.2) is 321 Å². The van der Waals surface area contributed by atoms with Gasteiger partial charge in [-0.1, -0.05) is 0 Å². The van der Waals surface area contributed by atoms with Crippen LogP contribution in [0, 0.1) is 0 Å². The molecule has 0 aromatic carbocycles.